The maximum absolute atomic E-state index is 11.9. The van der Waals surface area contributed by atoms with Gasteiger partial charge in [-0.1, -0.05) is 0 Å². The van der Waals surface area contributed by atoms with Crippen molar-refractivity contribution >= 4 is 11.9 Å². The van der Waals surface area contributed by atoms with Crippen molar-refractivity contribution in [2.24, 2.45) is 0 Å². The summed E-state index contributed by atoms with van der Waals surface area (Å²) >= 11 is 0. The number of anilines is 1. The van der Waals surface area contributed by atoms with Crippen LogP contribution < -0.4 is 5.32 Å². The molecule has 1 fully saturated rings. The topological polar surface area (TPSA) is 59.8 Å². The lowest BCUT2D eigenvalue weighted by Crippen LogP contribution is -2.22. The molecule has 0 atom stereocenters. The molecule has 1 saturated carbocycles. The third-order valence-corrected chi connectivity index (χ3v) is 2.13. The third kappa shape index (κ3) is 2.71. The second-order valence-electron chi connectivity index (χ2n) is 3.63. The van der Waals surface area contributed by atoms with Crippen LogP contribution in [0.1, 0.15) is 25.3 Å². The first-order chi connectivity index (χ1) is 7.46. The number of amides is 1. The number of aromatic nitrogens is 3. The van der Waals surface area contributed by atoms with Crippen LogP contribution in [0.4, 0.5) is 19.1 Å². The minimum atomic E-state index is -4.51. The summed E-state index contributed by atoms with van der Waals surface area (Å²) in [5.41, 5.74) is 0. The number of nitrogens with zero attached hydrogens (tertiary/aromatic N) is 3. The third-order valence-electron chi connectivity index (χ3n) is 2.13. The summed E-state index contributed by atoms with van der Waals surface area (Å²) in [4.78, 5) is 11.0. The standard InChI is InChI=1S/C8H9F3N4O/c9-8(10,11)3-6(16)13-7-14-12-4-15(7)5-1-2-5/h4-5H,1-3H2,(H,13,14,16). The van der Waals surface area contributed by atoms with Crippen LogP contribution in [0.3, 0.4) is 0 Å². The van der Waals surface area contributed by atoms with Crippen LogP contribution in [0.5, 0.6) is 0 Å². The van der Waals surface area contributed by atoms with E-state index in [1.807, 2.05) is 0 Å². The van der Waals surface area contributed by atoms with E-state index in [1.165, 1.54) is 6.33 Å². The Balaban J connectivity index is 1.98. The van der Waals surface area contributed by atoms with Crippen LogP contribution in [0, 0.1) is 0 Å². The van der Waals surface area contributed by atoms with E-state index in [-0.39, 0.29) is 12.0 Å². The molecule has 8 heteroatoms. The van der Waals surface area contributed by atoms with E-state index < -0.39 is 18.5 Å². The predicted molar refractivity (Wildman–Crippen MR) is 47.6 cm³/mol. The van der Waals surface area contributed by atoms with Crippen molar-refractivity contribution in [3.8, 4) is 0 Å². The molecule has 1 aliphatic rings. The summed E-state index contributed by atoms with van der Waals surface area (Å²) in [6.07, 6.45) is -2.75. The van der Waals surface area contributed by atoms with Gasteiger partial charge in [0.1, 0.15) is 12.7 Å². The molecule has 2 rings (SSSR count). The molecule has 1 aliphatic carbocycles. The van der Waals surface area contributed by atoms with Crippen molar-refractivity contribution < 1.29 is 18.0 Å². The zero-order valence-electron chi connectivity index (χ0n) is 8.16. The van der Waals surface area contributed by atoms with Crippen LogP contribution in [0.15, 0.2) is 6.33 Å². The molecule has 16 heavy (non-hydrogen) atoms. The SMILES string of the molecule is O=C(CC(F)(F)F)Nc1nncn1C1CC1. The molecular weight excluding hydrogens is 225 g/mol. The minimum absolute atomic E-state index is 0.0803. The van der Waals surface area contributed by atoms with Gasteiger partial charge in [0, 0.05) is 6.04 Å². The van der Waals surface area contributed by atoms with Crippen molar-refractivity contribution in [2.45, 2.75) is 31.5 Å². The smallest absolute Gasteiger partial charge is 0.297 e. The lowest BCUT2D eigenvalue weighted by Gasteiger charge is -2.08. The summed E-state index contributed by atoms with van der Waals surface area (Å²) in [7, 11) is 0. The van der Waals surface area contributed by atoms with Gasteiger partial charge in [0.05, 0.1) is 0 Å². The Kier molecular flexibility index (Phi) is 2.56. The molecule has 1 amide bonds. The number of hydrogen-bond donors (Lipinski definition) is 1. The van der Waals surface area contributed by atoms with Gasteiger partial charge in [-0.05, 0) is 12.8 Å². The first kappa shape index (κ1) is 10.9. The zero-order valence-corrected chi connectivity index (χ0v) is 8.16. The zero-order chi connectivity index (χ0) is 11.8. The number of alkyl halides is 3. The van der Waals surface area contributed by atoms with Gasteiger partial charge in [-0.25, -0.2) is 0 Å². The van der Waals surface area contributed by atoms with Gasteiger partial charge in [-0.3, -0.25) is 14.7 Å². The number of hydrogen-bond acceptors (Lipinski definition) is 3. The van der Waals surface area contributed by atoms with Gasteiger partial charge in [0.25, 0.3) is 0 Å². The molecule has 0 radical (unpaired) electrons. The molecule has 0 bridgehead atoms. The molecule has 0 aromatic carbocycles. The summed E-state index contributed by atoms with van der Waals surface area (Å²) in [5, 5.41) is 9.21. The van der Waals surface area contributed by atoms with Gasteiger partial charge >= 0.3 is 6.18 Å². The minimum Gasteiger partial charge on any atom is -0.297 e. The molecule has 1 N–H and O–H groups in total. The highest BCUT2D eigenvalue weighted by atomic mass is 19.4. The molecule has 1 aromatic rings. The second-order valence-corrected chi connectivity index (χ2v) is 3.63. The van der Waals surface area contributed by atoms with E-state index in [1.54, 1.807) is 4.57 Å². The molecule has 1 aromatic heterocycles. The van der Waals surface area contributed by atoms with Crippen LogP contribution in [0.2, 0.25) is 0 Å². The van der Waals surface area contributed by atoms with Crippen LogP contribution in [-0.2, 0) is 4.79 Å². The fraction of sp³-hybridized carbons (Fsp3) is 0.625. The first-order valence-electron chi connectivity index (χ1n) is 4.72. The molecule has 88 valence electrons. The molecule has 0 unspecified atom stereocenters. The van der Waals surface area contributed by atoms with Gasteiger partial charge in [0.2, 0.25) is 11.9 Å². The monoisotopic (exact) mass is 234 g/mol. The number of carbonyl (C=O) groups is 1. The van der Waals surface area contributed by atoms with Crippen molar-refractivity contribution in [2.75, 3.05) is 5.32 Å². The Hall–Kier alpha value is -1.60. The van der Waals surface area contributed by atoms with E-state index in [9.17, 15) is 18.0 Å². The number of carbonyl (C=O) groups excluding carboxylic acids is 1. The second kappa shape index (κ2) is 3.76. The average molecular weight is 234 g/mol. The van der Waals surface area contributed by atoms with E-state index in [4.69, 9.17) is 0 Å². The Morgan fingerprint density at radius 3 is 2.81 bits per heavy atom. The first-order valence-corrected chi connectivity index (χ1v) is 4.72. The average Bonchev–Trinajstić information content (AvgIpc) is 2.85. The largest absolute Gasteiger partial charge is 0.397 e. The summed E-state index contributed by atoms with van der Waals surface area (Å²) < 4.78 is 37.3. The van der Waals surface area contributed by atoms with Crippen molar-refractivity contribution in [3.05, 3.63) is 6.33 Å². The number of halogens is 3. The lowest BCUT2D eigenvalue weighted by atomic mass is 10.4. The van der Waals surface area contributed by atoms with E-state index in [0.29, 0.717) is 0 Å². The Bertz CT molecular complexity index is 396. The van der Waals surface area contributed by atoms with Crippen LogP contribution in [0.25, 0.3) is 0 Å². The molecule has 1 heterocycles. The summed E-state index contributed by atoms with van der Waals surface area (Å²) in [5.74, 6) is -1.04. The fourth-order valence-electron chi connectivity index (χ4n) is 1.30. The number of nitrogens with one attached hydrogen (secondary N) is 1. The van der Waals surface area contributed by atoms with E-state index in [2.05, 4.69) is 15.5 Å². The quantitative estimate of drug-likeness (QED) is 0.862. The number of rotatable bonds is 3. The molecule has 0 saturated heterocycles. The van der Waals surface area contributed by atoms with E-state index in [0.717, 1.165) is 12.8 Å². The highest BCUT2D eigenvalue weighted by Gasteiger charge is 2.32. The van der Waals surface area contributed by atoms with Gasteiger partial charge in [0.15, 0.2) is 0 Å². The molecule has 0 spiro atoms. The summed E-state index contributed by atoms with van der Waals surface area (Å²) in [6.45, 7) is 0. The van der Waals surface area contributed by atoms with Crippen LogP contribution >= 0.6 is 0 Å². The summed E-state index contributed by atoms with van der Waals surface area (Å²) in [6, 6.07) is 0.205. The predicted octanol–water partition coefficient (Wildman–Crippen LogP) is 1.50. The molecule has 0 aliphatic heterocycles. The highest BCUT2D eigenvalue weighted by molar-refractivity contribution is 5.89. The van der Waals surface area contributed by atoms with Gasteiger partial charge in [-0.2, -0.15) is 13.2 Å². The van der Waals surface area contributed by atoms with E-state index >= 15 is 0 Å². The van der Waals surface area contributed by atoms with Crippen molar-refractivity contribution in [3.63, 3.8) is 0 Å². The maximum Gasteiger partial charge on any atom is 0.397 e. The van der Waals surface area contributed by atoms with Crippen LogP contribution in [-0.4, -0.2) is 26.8 Å². The Labute approximate surface area is 88.7 Å². The Morgan fingerprint density at radius 1 is 1.56 bits per heavy atom. The maximum atomic E-state index is 11.9. The van der Waals surface area contributed by atoms with Crippen molar-refractivity contribution in [1.82, 2.24) is 14.8 Å². The van der Waals surface area contributed by atoms with Gasteiger partial charge in [-0.15, -0.1) is 10.2 Å². The normalized spacial score (nSPS) is 16.2. The highest BCUT2D eigenvalue weighted by Crippen LogP contribution is 2.36. The Morgan fingerprint density at radius 2 is 2.25 bits per heavy atom. The fourth-order valence-corrected chi connectivity index (χ4v) is 1.30. The van der Waals surface area contributed by atoms with Gasteiger partial charge < -0.3 is 0 Å². The lowest BCUT2D eigenvalue weighted by molar-refractivity contribution is -0.150. The molecule has 5 nitrogen and oxygen atoms in total. The molecular formula is C8H9F3N4O. The van der Waals surface area contributed by atoms with Crippen molar-refractivity contribution in [1.29, 1.82) is 0 Å².